The minimum atomic E-state index is 0.278. The summed E-state index contributed by atoms with van der Waals surface area (Å²) in [5.74, 6) is 4.20. The van der Waals surface area contributed by atoms with Crippen LogP contribution in [-0.2, 0) is 13.1 Å². The summed E-state index contributed by atoms with van der Waals surface area (Å²) in [6.07, 6.45) is 0. The molecule has 0 spiro atoms. The van der Waals surface area contributed by atoms with Gasteiger partial charge in [-0.15, -0.1) is 0 Å². The molecule has 0 N–H and O–H groups in total. The Bertz CT molecular complexity index is 1170. The van der Waals surface area contributed by atoms with E-state index in [2.05, 4.69) is 80.3 Å². The van der Waals surface area contributed by atoms with Crippen LogP contribution in [0.5, 0.6) is 5.75 Å². The Balaban J connectivity index is 0.000000214. The molecule has 3 aromatic carbocycles. The van der Waals surface area contributed by atoms with Crippen molar-refractivity contribution < 1.29 is 4.74 Å². The van der Waals surface area contributed by atoms with Gasteiger partial charge in [0.1, 0.15) is 16.7 Å². The van der Waals surface area contributed by atoms with E-state index < -0.39 is 0 Å². The lowest BCUT2D eigenvalue weighted by atomic mass is 10.2. The van der Waals surface area contributed by atoms with Gasteiger partial charge < -0.3 is 9.64 Å². The summed E-state index contributed by atoms with van der Waals surface area (Å²) in [5, 5.41) is 1.24. The van der Waals surface area contributed by atoms with Crippen LogP contribution in [-0.4, -0.2) is 33.3 Å². The van der Waals surface area contributed by atoms with Crippen LogP contribution < -0.4 is 4.74 Å². The Morgan fingerprint density at radius 1 is 0.886 bits per heavy atom. The van der Waals surface area contributed by atoms with Crippen LogP contribution in [0.1, 0.15) is 11.1 Å². The van der Waals surface area contributed by atoms with Gasteiger partial charge in [-0.05, 0) is 21.1 Å². The molecule has 0 aliphatic carbocycles. The van der Waals surface area contributed by atoms with Crippen molar-refractivity contribution in [3.05, 3.63) is 99.0 Å². The van der Waals surface area contributed by atoms with Crippen LogP contribution in [0, 0.1) is 9.85 Å². The molecule has 1 fully saturated rings. The van der Waals surface area contributed by atoms with Crippen molar-refractivity contribution in [3.8, 4) is 15.6 Å². The highest BCUT2D eigenvalue weighted by molar-refractivity contribution is 14.1. The molecule has 9 heteroatoms. The van der Waals surface area contributed by atoms with E-state index in [4.69, 9.17) is 51.8 Å². The molecule has 0 amide bonds. The van der Waals surface area contributed by atoms with E-state index in [1.165, 1.54) is 17.2 Å². The molecule has 0 radical (unpaired) electrons. The molecule has 4 rings (SSSR count). The zero-order chi connectivity index (χ0) is 25.0. The van der Waals surface area contributed by atoms with E-state index in [0.717, 1.165) is 30.0 Å². The Morgan fingerprint density at radius 3 is 2.11 bits per heavy atom. The quantitative estimate of drug-likeness (QED) is 0.113. The second-order valence-electron chi connectivity index (χ2n) is 7.44. The normalized spacial score (nSPS) is 13.4. The number of thioether (sulfide) groups is 1. The third-order valence-electron chi connectivity index (χ3n) is 4.81. The molecule has 3 nitrogen and oxygen atoms in total. The summed E-state index contributed by atoms with van der Waals surface area (Å²) in [6.45, 7) is 3.04. The molecule has 1 aliphatic heterocycles. The third-order valence-corrected chi connectivity index (χ3v) is 7.82. The Labute approximate surface area is 245 Å². The molecule has 3 aromatic rings. The monoisotopic (exact) mass is 674 g/mol. The number of hydrogen-bond donors (Lipinski definition) is 0. The molecule has 0 aromatic heterocycles. The Kier molecular flexibility index (Phi) is 12.3. The van der Waals surface area contributed by atoms with Gasteiger partial charge in [0.15, 0.2) is 0 Å². The van der Waals surface area contributed by atoms with Crippen LogP contribution in [0.15, 0.2) is 72.8 Å². The largest absolute Gasteiger partial charge is 0.479 e. The fourth-order valence-electron chi connectivity index (χ4n) is 3.19. The average molecular weight is 676 g/mol. The summed E-state index contributed by atoms with van der Waals surface area (Å²) in [5.41, 5.74) is 2.66. The van der Waals surface area contributed by atoms with Gasteiger partial charge in [-0.3, -0.25) is 4.90 Å². The number of halogens is 4. The van der Waals surface area contributed by atoms with E-state index in [9.17, 15) is 0 Å². The first kappa shape index (κ1) is 28.4. The molecule has 35 heavy (non-hydrogen) atoms. The van der Waals surface area contributed by atoms with E-state index in [0.29, 0.717) is 20.8 Å². The SMILES string of the molecule is Clc1cc(Cl)c(OCC#CI)cc1Cl.S=C1SCN(Cc2ccccc2)CN1Cc1ccccc1. The highest BCUT2D eigenvalue weighted by atomic mass is 127. The predicted molar refractivity (Wildman–Crippen MR) is 163 cm³/mol. The highest BCUT2D eigenvalue weighted by Gasteiger charge is 2.21. The van der Waals surface area contributed by atoms with E-state index in [1.54, 1.807) is 17.8 Å². The van der Waals surface area contributed by atoms with Crippen LogP contribution in [0.25, 0.3) is 0 Å². The molecule has 1 aliphatic rings. The van der Waals surface area contributed by atoms with Gasteiger partial charge in [0.2, 0.25) is 0 Å². The summed E-state index contributed by atoms with van der Waals surface area (Å²) in [7, 11) is 0. The van der Waals surface area contributed by atoms with E-state index in [1.807, 2.05) is 22.6 Å². The van der Waals surface area contributed by atoms with Crippen molar-refractivity contribution >= 4 is 85.7 Å². The number of ether oxygens (including phenoxy) is 1. The predicted octanol–water partition coefficient (Wildman–Crippen LogP) is 8.36. The molecular formula is C26H22Cl3IN2OS2. The summed E-state index contributed by atoms with van der Waals surface area (Å²) in [4.78, 5) is 4.71. The number of hydrogen-bond acceptors (Lipinski definition) is 4. The van der Waals surface area contributed by atoms with Gasteiger partial charge in [0, 0.05) is 41.7 Å². The zero-order valence-electron chi connectivity index (χ0n) is 18.6. The standard InChI is InChI=1S/C17H18N2S2.C9H4Cl3IO/c20-17-19(12-16-9-5-2-6-10-16)13-18(14-21-17)11-15-7-3-1-4-8-15;10-6-4-8(12)9(5-7(6)11)14-3-1-2-13/h1-10H,11-14H2;4-5H,3H2. The van der Waals surface area contributed by atoms with Gasteiger partial charge in [-0.25, -0.2) is 0 Å². The van der Waals surface area contributed by atoms with Crippen LogP contribution in [0.4, 0.5) is 0 Å². The lowest BCUT2D eigenvalue weighted by Gasteiger charge is -2.36. The summed E-state index contributed by atoms with van der Waals surface area (Å²) in [6, 6.07) is 24.2. The molecular weight excluding hydrogens is 654 g/mol. The van der Waals surface area contributed by atoms with Crippen molar-refractivity contribution in [1.82, 2.24) is 9.80 Å². The van der Waals surface area contributed by atoms with Crippen molar-refractivity contribution in [2.24, 2.45) is 0 Å². The van der Waals surface area contributed by atoms with Gasteiger partial charge in [-0.2, -0.15) is 0 Å². The van der Waals surface area contributed by atoms with Gasteiger partial charge in [-0.1, -0.05) is 125 Å². The number of rotatable bonds is 6. The average Bonchev–Trinajstić information content (AvgIpc) is 2.86. The fraction of sp³-hybridized carbons (Fsp3) is 0.192. The third kappa shape index (κ3) is 9.66. The first-order chi connectivity index (χ1) is 17.0. The number of nitrogens with zero attached hydrogens (tertiary/aromatic N) is 2. The lowest BCUT2D eigenvalue weighted by molar-refractivity contribution is 0.201. The minimum absolute atomic E-state index is 0.278. The maximum Gasteiger partial charge on any atom is 0.149 e. The molecule has 0 bridgehead atoms. The molecule has 1 heterocycles. The van der Waals surface area contributed by atoms with Crippen molar-refractivity contribution in [2.45, 2.75) is 13.1 Å². The van der Waals surface area contributed by atoms with Crippen molar-refractivity contribution in [2.75, 3.05) is 19.2 Å². The van der Waals surface area contributed by atoms with Crippen LogP contribution in [0.2, 0.25) is 15.1 Å². The maximum absolute atomic E-state index is 5.86. The Hall–Kier alpha value is -1.18. The van der Waals surface area contributed by atoms with Crippen LogP contribution in [0.3, 0.4) is 0 Å². The second kappa shape index (κ2) is 15.2. The first-order valence-electron chi connectivity index (χ1n) is 10.5. The van der Waals surface area contributed by atoms with E-state index >= 15 is 0 Å². The second-order valence-corrected chi connectivity index (χ2v) is 10.8. The van der Waals surface area contributed by atoms with E-state index in [-0.39, 0.29) is 6.61 Å². The van der Waals surface area contributed by atoms with Gasteiger partial charge in [0.05, 0.1) is 27.6 Å². The maximum atomic E-state index is 5.86. The zero-order valence-corrected chi connectivity index (χ0v) is 24.7. The number of benzene rings is 3. The van der Waals surface area contributed by atoms with Crippen molar-refractivity contribution in [3.63, 3.8) is 0 Å². The van der Waals surface area contributed by atoms with Crippen LogP contribution >= 0.6 is 81.4 Å². The molecule has 0 unspecified atom stereocenters. The molecule has 182 valence electrons. The lowest BCUT2D eigenvalue weighted by Crippen LogP contribution is -2.43. The fourth-order valence-corrected chi connectivity index (χ4v) is 4.99. The van der Waals surface area contributed by atoms with Gasteiger partial charge >= 0.3 is 0 Å². The van der Waals surface area contributed by atoms with Crippen molar-refractivity contribution in [1.29, 1.82) is 0 Å². The molecule has 0 saturated carbocycles. The first-order valence-corrected chi connectivity index (χ1v) is 14.1. The summed E-state index contributed by atoms with van der Waals surface area (Å²) >= 11 is 26.6. The molecule has 1 saturated heterocycles. The molecule has 0 atom stereocenters. The minimum Gasteiger partial charge on any atom is -0.479 e. The topological polar surface area (TPSA) is 15.7 Å². The number of thiocarbonyl (C=S) groups is 1. The van der Waals surface area contributed by atoms with Gasteiger partial charge in [0.25, 0.3) is 0 Å². The Morgan fingerprint density at radius 2 is 1.49 bits per heavy atom. The highest BCUT2D eigenvalue weighted by Crippen LogP contribution is 2.33. The summed E-state index contributed by atoms with van der Waals surface area (Å²) < 4.78 is 8.94. The smallest absolute Gasteiger partial charge is 0.149 e.